The van der Waals surface area contributed by atoms with E-state index < -0.39 is 0 Å². The van der Waals surface area contributed by atoms with Gasteiger partial charge in [-0.25, -0.2) is 0 Å². The van der Waals surface area contributed by atoms with E-state index in [1.165, 1.54) is 87.3 Å². The number of fused-ring (bicyclic) bond motifs is 12. The first-order chi connectivity index (χ1) is 19.7. The minimum absolute atomic E-state index is 1.30. The van der Waals surface area contributed by atoms with Crippen LogP contribution in [0.2, 0.25) is 0 Å². The molecule has 2 heteroatoms. The zero-order chi connectivity index (χ0) is 26.5. The fraction of sp³-hybridized carbons (Fsp3) is 0.0526. The molecule has 0 atom stereocenters. The first kappa shape index (κ1) is 21.8. The van der Waals surface area contributed by atoms with Crippen molar-refractivity contribution in [2.24, 2.45) is 0 Å². The molecule has 4 aromatic heterocycles. The van der Waals surface area contributed by atoms with E-state index in [2.05, 4.69) is 144 Å². The van der Waals surface area contributed by atoms with Gasteiger partial charge in [0, 0.05) is 43.1 Å². The lowest BCUT2D eigenvalue weighted by atomic mass is 10.1. The smallest absolute Gasteiger partial charge is 0.0620 e. The van der Waals surface area contributed by atoms with Crippen molar-refractivity contribution in [1.82, 2.24) is 8.80 Å². The second kappa shape index (κ2) is 7.74. The Hall–Kier alpha value is -5.08. The normalized spacial score (nSPS) is 12.2. The monoisotopic (exact) mass is 510 g/mol. The first-order valence-electron chi connectivity index (χ1n) is 14.0. The van der Waals surface area contributed by atoms with E-state index in [9.17, 15) is 0 Å². The molecule has 6 aromatic carbocycles. The molecule has 0 radical (unpaired) electrons. The van der Waals surface area contributed by atoms with Gasteiger partial charge in [-0.2, -0.15) is 0 Å². The highest BCUT2D eigenvalue weighted by atomic mass is 14.9. The number of nitrogens with zero attached hydrogens (tertiary/aromatic N) is 2. The molecule has 0 unspecified atom stereocenters. The van der Waals surface area contributed by atoms with Crippen molar-refractivity contribution < 1.29 is 0 Å². The zero-order valence-electron chi connectivity index (χ0n) is 22.4. The van der Waals surface area contributed by atoms with Crippen molar-refractivity contribution in [2.75, 3.05) is 0 Å². The lowest BCUT2D eigenvalue weighted by molar-refractivity contribution is 1.36. The standard InChI is InChI=1S/2C19H13N/c1-12-10-15-13-6-2-4-8-17(13)20-18-9-5-3-7-14(18)16(11-12)19(15)20;1-12-9-10-18-16(11-12)15-7-4-6-14-13-5-2-3-8-17(13)20(18)19(14)15/h2*2-11H,1H3. The highest BCUT2D eigenvalue weighted by Crippen LogP contribution is 2.40. The molecule has 188 valence electrons. The molecular weight excluding hydrogens is 484 g/mol. The van der Waals surface area contributed by atoms with Crippen LogP contribution in [0.4, 0.5) is 0 Å². The lowest BCUT2D eigenvalue weighted by Gasteiger charge is -1.98. The van der Waals surface area contributed by atoms with Crippen LogP contribution < -0.4 is 0 Å². The van der Waals surface area contributed by atoms with Crippen LogP contribution in [0.25, 0.3) is 76.2 Å². The lowest BCUT2D eigenvalue weighted by Crippen LogP contribution is -1.80. The summed E-state index contributed by atoms with van der Waals surface area (Å²) in [5, 5.41) is 10.8. The van der Waals surface area contributed by atoms with Gasteiger partial charge >= 0.3 is 0 Å². The first-order valence-corrected chi connectivity index (χ1v) is 14.0. The van der Waals surface area contributed by atoms with Crippen molar-refractivity contribution in [2.45, 2.75) is 13.8 Å². The molecule has 0 aliphatic carbocycles. The largest absolute Gasteiger partial charge is 0.308 e. The van der Waals surface area contributed by atoms with Crippen LogP contribution in [0.5, 0.6) is 0 Å². The van der Waals surface area contributed by atoms with Crippen LogP contribution in [0.15, 0.2) is 121 Å². The van der Waals surface area contributed by atoms with Crippen LogP contribution in [0, 0.1) is 13.8 Å². The summed E-state index contributed by atoms with van der Waals surface area (Å²) in [6.07, 6.45) is 0. The quantitative estimate of drug-likeness (QED) is 0.192. The van der Waals surface area contributed by atoms with Crippen LogP contribution in [-0.4, -0.2) is 8.80 Å². The molecule has 10 aromatic rings. The maximum atomic E-state index is 2.41. The molecule has 0 spiro atoms. The summed E-state index contributed by atoms with van der Waals surface area (Å²) in [7, 11) is 0. The zero-order valence-corrected chi connectivity index (χ0v) is 22.4. The van der Waals surface area contributed by atoms with E-state index in [1.807, 2.05) is 0 Å². The van der Waals surface area contributed by atoms with Gasteiger partial charge in [-0.3, -0.25) is 0 Å². The Morgan fingerprint density at radius 1 is 0.325 bits per heavy atom. The summed E-state index contributed by atoms with van der Waals surface area (Å²) < 4.78 is 4.82. The molecule has 10 rings (SSSR count). The number of hydrogen-bond donors (Lipinski definition) is 0. The van der Waals surface area contributed by atoms with Crippen LogP contribution in [0.1, 0.15) is 11.1 Å². The maximum Gasteiger partial charge on any atom is 0.0620 e. The molecule has 0 amide bonds. The number of para-hydroxylation sites is 4. The van der Waals surface area contributed by atoms with Gasteiger partial charge in [0.1, 0.15) is 0 Å². The summed E-state index contributed by atoms with van der Waals surface area (Å²) >= 11 is 0. The van der Waals surface area contributed by atoms with Gasteiger partial charge in [-0.05, 0) is 61.9 Å². The van der Waals surface area contributed by atoms with Gasteiger partial charge in [0.25, 0.3) is 0 Å². The molecule has 0 aliphatic rings. The maximum absolute atomic E-state index is 2.41. The summed E-state index contributed by atoms with van der Waals surface area (Å²) in [6, 6.07) is 44.1. The molecule has 0 aliphatic heterocycles. The molecule has 0 saturated carbocycles. The third-order valence-electron chi connectivity index (χ3n) is 8.73. The predicted octanol–water partition coefficient (Wildman–Crippen LogP) is 10.3. The van der Waals surface area contributed by atoms with Crippen LogP contribution in [-0.2, 0) is 0 Å². The van der Waals surface area contributed by atoms with E-state index in [1.54, 1.807) is 0 Å². The minimum atomic E-state index is 1.30. The third kappa shape index (κ3) is 2.73. The fourth-order valence-electron chi connectivity index (χ4n) is 7.14. The van der Waals surface area contributed by atoms with E-state index in [-0.39, 0.29) is 0 Å². The van der Waals surface area contributed by atoms with Gasteiger partial charge in [-0.1, -0.05) is 84.4 Å². The topological polar surface area (TPSA) is 8.82 Å². The molecule has 0 bridgehead atoms. The van der Waals surface area contributed by atoms with Crippen molar-refractivity contribution in [3.8, 4) is 0 Å². The van der Waals surface area contributed by atoms with E-state index >= 15 is 0 Å². The summed E-state index contributed by atoms with van der Waals surface area (Å²) in [5.74, 6) is 0. The number of hydrogen-bond acceptors (Lipinski definition) is 0. The molecule has 4 heterocycles. The summed E-state index contributed by atoms with van der Waals surface area (Å²) in [4.78, 5) is 0. The van der Waals surface area contributed by atoms with Crippen molar-refractivity contribution in [1.29, 1.82) is 0 Å². The molecule has 40 heavy (non-hydrogen) atoms. The Morgan fingerprint density at radius 3 is 1.30 bits per heavy atom. The van der Waals surface area contributed by atoms with E-state index in [0.717, 1.165) is 0 Å². The van der Waals surface area contributed by atoms with Crippen LogP contribution in [0.3, 0.4) is 0 Å². The Morgan fingerprint density at radius 2 is 0.725 bits per heavy atom. The van der Waals surface area contributed by atoms with Gasteiger partial charge < -0.3 is 8.80 Å². The highest BCUT2D eigenvalue weighted by Gasteiger charge is 2.17. The SMILES string of the molecule is Cc1cc2c3ccccc3n3c4ccccc4c(c1)c23.Cc1ccc2c(c1)c1cccc3c4ccccc4n2c31. The Bertz CT molecular complexity index is 2480. The Balaban J connectivity index is 0.000000115. The minimum Gasteiger partial charge on any atom is -0.308 e. The van der Waals surface area contributed by atoms with Crippen molar-refractivity contribution >= 4 is 76.2 Å². The molecule has 2 nitrogen and oxygen atoms in total. The van der Waals surface area contributed by atoms with E-state index in [4.69, 9.17) is 0 Å². The van der Waals surface area contributed by atoms with Gasteiger partial charge in [0.05, 0.1) is 33.1 Å². The second-order valence-corrected chi connectivity index (χ2v) is 11.2. The van der Waals surface area contributed by atoms with Crippen molar-refractivity contribution in [3.05, 3.63) is 132 Å². The number of benzene rings is 6. The summed E-state index contributed by atoms with van der Waals surface area (Å²) in [5.41, 5.74) is 10.6. The number of rotatable bonds is 0. The predicted molar refractivity (Wildman–Crippen MR) is 172 cm³/mol. The fourth-order valence-corrected chi connectivity index (χ4v) is 7.14. The molecule has 0 saturated heterocycles. The molecule has 0 N–H and O–H groups in total. The average molecular weight is 511 g/mol. The number of aromatic nitrogens is 2. The molecule has 0 fully saturated rings. The third-order valence-corrected chi connectivity index (χ3v) is 8.73. The number of aryl methyl sites for hydroxylation is 2. The summed E-state index contributed by atoms with van der Waals surface area (Å²) in [6.45, 7) is 4.34. The second-order valence-electron chi connectivity index (χ2n) is 11.2. The Labute approximate surface area is 231 Å². The van der Waals surface area contributed by atoms with Crippen molar-refractivity contribution in [3.63, 3.8) is 0 Å². The average Bonchev–Trinajstić information content (AvgIpc) is 3.70. The van der Waals surface area contributed by atoms with E-state index in [0.29, 0.717) is 0 Å². The molecular formula is C38H26N2. The van der Waals surface area contributed by atoms with Gasteiger partial charge in [0.15, 0.2) is 0 Å². The Kier molecular flexibility index (Phi) is 4.22. The van der Waals surface area contributed by atoms with Crippen LogP contribution >= 0.6 is 0 Å². The van der Waals surface area contributed by atoms with Gasteiger partial charge in [-0.15, -0.1) is 0 Å². The highest BCUT2D eigenvalue weighted by molar-refractivity contribution is 6.24. The van der Waals surface area contributed by atoms with Gasteiger partial charge in [0.2, 0.25) is 0 Å².